The van der Waals surface area contributed by atoms with Crippen LogP contribution >= 0.6 is 0 Å². The molecule has 0 saturated carbocycles. The molecule has 0 aliphatic carbocycles. The summed E-state index contributed by atoms with van der Waals surface area (Å²) in [5.41, 5.74) is 2.04. The Bertz CT molecular complexity index is 665. The maximum Gasteiger partial charge on any atom is 0.236 e. The number of carbonyl (C=O) groups excluding carboxylic acids is 1. The first-order valence-corrected chi connectivity index (χ1v) is 9.28. The van der Waals surface area contributed by atoms with Crippen molar-refractivity contribution < 1.29 is 4.79 Å². The molecule has 2 aromatic rings. The molecule has 0 unspecified atom stereocenters. The Balaban J connectivity index is 1.53. The summed E-state index contributed by atoms with van der Waals surface area (Å²) in [6.45, 7) is 8.18. The standard InChI is InChI=1S/C19H29N5O/c1-3-24(19(25)15-23-11-6-10-22(2)13-14-23)12-9-18-20-16-7-4-5-8-17(16)21-18/h4-5,7-8H,3,6,9-15H2,1-2H3,(H,20,21). The monoisotopic (exact) mass is 343 g/mol. The SMILES string of the molecule is CCN(CCc1nc2ccccc2[nH]1)C(=O)CN1CCCN(C)CC1. The molecule has 1 aliphatic heterocycles. The van der Waals surface area contributed by atoms with Crippen molar-refractivity contribution in [2.75, 3.05) is 52.9 Å². The predicted octanol–water partition coefficient (Wildman–Crippen LogP) is 1.59. The number of hydrogen-bond donors (Lipinski definition) is 1. The van der Waals surface area contributed by atoms with Gasteiger partial charge in [0.2, 0.25) is 5.91 Å². The molecule has 1 saturated heterocycles. The lowest BCUT2D eigenvalue weighted by atomic mass is 10.3. The zero-order valence-electron chi connectivity index (χ0n) is 15.4. The molecule has 6 nitrogen and oxygen atoms in total. The number of imidazole rings is 1. The number of aromatic amines is 1. The number of nitrogens with one attached hydrogen (secondary N) is 1. The number of fused-ring (bicyclic) bond motifs is 1. The van der Waals surface area contributed by atoms with Gasteiger partial charge in [-0.15, -0.1) is 0 Å². The lowest BCUT2D eigenvalue weighted by Crippen LogP contribution is -2.42. The Hall–Kier alpha value is -1.92. The van der Waals surface area contributed by atoms with Gasteiger partial charge in [0.15, 0.2) is 0 Å². The van der Waals surface area contributed by atoms with Crippen LogP contribution in [0.5, 0.6) is 0 Å². The predicted molar refractivity (Wildman–Crippen MR) is 101 cm³/mol. The Labute approximate surface area is 149 Å². The number of aromatic nitrogens is 2. The number of H-pyrrole nitrogens is 1. The minimum Gasteiger partial charge on any atom is -0.342 e. The van der Waals surface area contributed by atoms with Gasteiger partial charge in [-0.3, -0.25) is 9.69 Å². The Kier molecular flexibility index (Phi) is 6.04. The zero-order chi connectivity index (χ0) is 17.6. The summed E-state index contributed by atoms with van der Waals surface area (Å²) in [7, 11) is 2.15. The lowest BCUT2D eigenvalue weighted by molar-refractivity contribution is -0.132. The summed E-state index contributed by atoms with van der Waals surface area (Å²) in [5.74, 6) is 1.17. The van der Waals surface area contributed by atoms with Crippen LogP contribution in [0.25, 0.3) is 11.0 Å². The maximum atomic E-state index is 12.7. The summed E-state index contributed by atoms with van der Waals surface area (Å²) in [6, 6.07) is 8.04. The van der Waals surface area contributed by atoms with E-state index in [9.17, 15) is 4.79 Å². The molecule has 1 amide bonds. The summed E-state index contributed by atoms with van der Waals surface area (Å²) in [5, 5.41) is 0. The van der Waals surface area contributed by atoms with Crippen LogP contribution < -0.4 is 0 Å². The van der Waals surface area contributed by atoms with Gasteiger partial charge in [-0.1, -0.05) is 12.1 Å². The third kappa shape index (κ3) is 4.80. The van der Waals surface area contributed by atoms with E-state index in [1.54, 1.807) is 0 Å². The highest BCUT2D eigenvalue weighted by atomic mass is 16.2. The molecule has 0 radical (unpaired) electrons. The van der Waals surface area contributed by atoms with Gasteiger partial charge < -0.3 is 14.8 Å². The van der Waals surface area contributed by atoms with Crippen molar-refractivity contribution in [2.24, 2.45) is 0 Å². The van der Waals surface area contributed by atoms with Crippen molar-refractivity contribution in [1.82, 2.24) is 24.7 Å². The molecule has 25 heavy (non-hydrogen) atoms. The summed E-state index contributed by atoms with van der Waals surface area (Å²) in [4.78, 5) is 27.2. The second-order valence-corrected chi connectivity index (χ2v) is 6.86. The van der Waals surface area contributed by atoms with Gasteiger partial charge in [-0.2, -0.15) is 0 Å². The van der Waals surface area contributed by atoms with Crippen LogP contribution in [0.3, 0.4) is 0 Å². The Morgan fingerprint density at radius 2 is 2.08 bits per heavy atom. The van der Waals surface area contributed by atoms with Crippen LogP contribution in [0.2, 0.25) is 0 Å². The van der Waals surface area contributed by atoms with E-state index < -0.39 is 0 Å². The van der Waals surface area contributed by atoms with Crippen molar-refractivity contribution in [2.45, 2.75) is 19.8 Å². The fourth-order valence-corrected chi connectivity index (χ4v) is 3.37. The maximum absolute atomic E-state index is 12.7. The van der Waals surface area contributed by atoms with Gasteiger partial charge in [0.25, 0.3) is 0 Å². The molecular weight excluding hydrogens is 314 g/mol. The van der Waals surface area contributed by atoms with E-state index in [1.807, 2.05) is 36.1 Å². The van der Waals surface area contributed by atoms with Crippen molar-refractivity contribution in [3.05, 3.63) is 30.1 Å². The second-order valence-electron chi connectivity index (χ2n) is 6.86. The fourth-order valence-electron chi connectivity index (χ4n) is 3.37. The smallest absolute Gasteiger partial charge is 0.236 e. The molecule has 6 heteroatoms. The number of nitrogens with zero attached hydrogens (tertiary/aromatic N) is 4. The van der Waals surface area contributed by atoms with Crippen molar-refractivity contribution in [3.63, 3.8) is 0 Å². The van der Waals surface area contributed by atoms with Gasteiger partial charge in [0.05, 0.1) is 17.6 Å². The molecule has 1 aromatic heterocycles. The van der Waals surface area contributed by atoms with E-state index in [1.165, 1.54) is 0 Å². The fraction of sp³-hybridized carbons (Fsp3) is 0.579. The van der Waals surface area contributed by atoms with Crippen LogP contribution in [-0.4, -0.2) is 83.4 Å². The topological polar surface area (TPSA) is 55.5 Å². The van der Waals surface area contributed by atoms with Gasteiger partial charge in [0.1, 0.15) is 5.82 Å². The molecule has 1 N–H and O–H groups in total. The average molecular weight is 343 g/mol. The zero-order valence-corrected chi connectivity index (χ0v) is 15.4. The summed E-state index contributed by atoms with van der Waals surface area (Å²) in [6.07, 6.45) is 1.89. The van der Waals surface area contributed by atoms with Gasteiger partial charge in [-0.05, 0) is 45.6 Å². The molecule has 1 fully saturated rings. The van der Waals surface area contributed by atoms with Crippen molar-refractivity contribution in [3.8, 4) is 0 Å². The normalized spacial score (nSPS) is 16.9. The number of likely N-dealkylation sites (N-methyl/N-ethyl adjacent to an activating group) is 2. The molecule has 2 heterocycles. The number of carbonyl (C=O) groups is 1. The quantitative estimate of drug-likeness (QED) is 0.865. The Morgan fingerprint density at radius 3 is 2.88 bits per heavy atom. The number of benzene rings is 1. The van der Waals surface area contributed by atoms with Crippen LogP contribution in [0.4, 0.5) is 0 Å². The number of amides is 1. The molecule has 3 rings (SSSR count). The number of para-hydroxylation sites is 2. The first kappa shape index (κ1) is 17.9. The molecule has 1 aliphatic rings. The van der Waals surface area contributed by atoms with E-state index in [0.717, 1.165) is 62.4 Å². The first-order valence-electron chi connectivity index (χ1n) is 9.28. The highest BCUT2D eigenvalue weighted by Crippen LogP contribution is 2.11. The highest BCUT2D eigenvalue weighted by Gasteiger charge is 2.18. The minimum absolute atomic E-state index is 0.225. The molecular formula is C19H29N5O. The van der Waals surface area contributed by atoms with Gasteiger partial charge >= 0.3 is 0 Å². The van der Waals surface area contributed by atoms with Crippen LogP contribution in [0.15, 0.2) is 24.3 Å². The van der Waals surface area contributed by atoms with Gasteiger partial charge in [0, 0.05) is 32.6 Å². The van der Waals surface area contributed by atoms with E-state index >= 15 is 0 Å². The summed E-state index contributed by atoms with van der Waals surface area (Å²) < 4.78 is 0. The molecule has 136 valence electrons. The van der Waals surface area contributed by atoms with E-state index in [-0.39, 0.29) is 5.91 Å². The molecule has 0 atom stereocenters. The first-order chi connectivity index (χ1) is 12.2. The van der Waals surface area contributed by atoms with Crippen molar-refractivity contribution in [1.29, 1.82) is 0 Å². The van der Waals surface area contributed by atoms with E-state index in [4.69, 9.17) is 0 Å². The minimum atomic E-state index is 0.225. The summed E-state index contributed by atoms with van der Waals surface area (Å²) >= 11 is 0. The molecule has 0 spiro atoms. The third-order valence-electron chi connectivity index (χ3n) is 4.96. The Morgan fingerprint density at radius 1 is 1.24 bits per heavy atom. The number of rotatable bonds is 6. The van der Waals surface area contributed by atoms with Gasteiger partial charge in [-0.25, -0.2) is 4.98 Å². The van der Waals surface area contributed by atoms with Crippen molar-refractivity contribution >= 4 is 16.9 Å². The van der Waals surface area contributed by atoms with Crippen LogP contribution in [-0.2, 0) is 11.2 Å². The second kappa shape index (κ2) is 8.45. The largest absolute Gasteiger partial charge is 0.342 e. The number of hydrogen-bond acceptors (Lipinski definition) is 4. The lowest BCUT2D eigenvalue weighted by Gasteiger charge is -2.25. The molecule has 0 bridgehead atoms. The van der Waals surface area contributed by atoms with Crippen LogP contribution in [0, 0.1) is 0 Å². The third-order valence-corrected chi connectivity index (χ3v) is 4.96. The van der Waals surface area contributed by atoms with Crippen LogP contribution in [0.1, 0.15) is 19.2 Å². The average Bonchev–Trinajstić information content (AvgIpc) is 2.92. The van der Waals surface area contributed by atoms with E-state index in [0.29, 0.717) is 13.1 Å². The highest BCUT2D eigenvalue weighted by molar-refractivity contribution is 5.78. The van der Waals surface area contributed by atoms with E-state index in [2.05, 4.69) is 26.8 Å². The molecule has 1 aromatic carbocycles.